The SMILES string of the molecule is O=C(NC[C@H](O)CN1CCc2ccccc2C1)c1ccnc(NC2CCCCC2)c1. The molecule has 160 valence electrons. The zero-order chi connectivity index (χ0) is 20.8. The second kappa shape index (κ2) is 10.0. The van der Waals surface area contributed by atoms with Crippen molar-refractivity contribution < 1.29 is 9.90 Å². The van der Waals surface area contributed by atoms with E-state index in [1.165, 1.54) is 30.4 Å². The topological polar surface area (TPSA) is 77.5 Å². The molecule has 30 heavy (non-hydrogen) atoms. The molecule has 6 nitrogen and oxygen atoms in total. The molecule has 1 aromatic heterocycles. The highest BCUT2D eigenvalue weighted by molar-refractivity contribution is 5.94. The van der Waals surface area contributed by atoms with Gasteiger partial charge in [-0.2, -0.15) is 0 Å². The molecule has 1 aliphatic carbocycles. The van der Waals surface area contributed by atoms with Gasteiger partial charge in [0.15, 0.2) is 0 Å². The monoisotopic (exact) mass is 408 g/mol. The van der Waals surface area contributed by atoms with Crippen LogP contribution < -0.4 is 10.6 Å². The fourth-order valence-electron chi connectivity index (χ4n) is 4.49. The van der Waals surface area contributed by atoms with Crippen molar-refractivity contribution in [3.8, 4) is 0 Å². The van der Waals surface area contributed by atoms with Gasteiger partial charge in [0.25, 0.3) is 5.91 Å². The first-order valence-corrected chi connectivity index (χ1v) is 11.2. The van der Waals surface area contributed by atoms with Crippen LogP contribution in [0.1, 0.15) is 53.6 Å². The van der Waals surface area contributed by atoms with Crippen molar-refractivity contribution in [1.29, 1.82) is 0 Å². The van der Waals surface area contributed by atoms with Crippen molar-refractivity contribution in [3.63, 3.8) is 0 Å². The number of β-amino-alcohol motifs (C(OH)–C–C–N with tert-alkyl or cyclic N) is 1. The maximum absolute atomic E-state index is 12.6. The standard InChI is InChI=1S/C24H32N4O2/c29-22(17-28-13-11-18-6-4-5-7-20(18)16-28)15-26-24(30)19-10-12-25-23(14-19)27-21-8-2-1-3-9-21/h4-7,10,12,14,21-22,29H,1-3,8-9,11,13,15-17H2,(H,25,27)(H,26,30)/t22-/m0/s1. The first-order valence-electron chi connectivity index (χ1n) is 11.2. The summed E-state index contributed by atoms with van der Waals surface area (Å²) in [5.41, 5.74) is 3.30. The van der Waals surface area contributed by atoms with Crippen LogP contribution in [0, 0.1) is 0 Å². The van der Waals surface area contributed by atoms with E-state index >= 15 is 0 Å². The number of amides is 1. The molecule has 0 spiro atoms. The zero-order valence-corrected chi connectivity index (χ0v) is 17.5. The Labute approximate surface area is 178 Å². The third-order valence-corrected chi connectivity index (χ3v) is 6.16. The van der Waals surface area contributed by atoms with Crippen LogP contribution in [0.15, 0.2) is 42.6 Å². The molecule has 0 saturated heterocycles. The Morgan fingerprint density at radius 3 is 2.80 bits per heavy atom. The fraction of sp³-hybridized carbons (Fsp3) is 0.500. The van der Waals surface area contributed by atoms with Gasteiger partial charge in [0, 0.05) is 44.0 Å². The number of benzene rings is 1. The molecule has 2 aliphatic rings. The molecule has 6 heteroatoms. The van der Waals surface area contributed by atoms with Crippen LogP contribution in [-0.2, 0) is 13.0 Å². The highest BCUT2D eigenvalue weighted by Gasteiger charge is 2.19. The summed E-state index contributed by atoms with van der Waals surface area (Å²) in [6, 6.07) is 12.4. The molecule has 4 rings (SSSR count). The Morgan fingerprint density at radius 1 is 1.17 bits per heavy atom. The van der Waals surface area contributed by atoms with Crippen molar-refractivity contribution in [1.82, 2.24) is 15.2 Å². The number of aliphatic hydroxyl groups excluding tert-OH is 1. The predicted octanol–water partition coefficient (Wildman–Crippen LogP) is 2.98. The molecule has 2 aromatic rings. The first-order chi connectivity index (χ1) is 14.7. The number of nitrogens with zero attached hydrogens (tertiary/aromatic N) is 2. The summed E-state index contributed by atoms with van der Waals surface area (Å²) in [7, 11) is 0. The molecule has 1 amide bonds. The van der Waals surface area contributed by atoms with E-state index < -0.39 is 6.10 Å². The van der Waals surface area contributed by atoms with Gasteiger partial charge in [0.05, 0.1) is 6.10 Å². The van der Waals surface area contributed by atoms with Crippen molar-refractivity contribution in [2.45, 2.75) is 57.2 Å². The summed E-state index contributed by atoms with van der Waals surface area (Å²) in [6.07, 6.45) is 8.19. The van der Waals surface area contributed by atoms with E-state index in [4.69, 9.17) is 0 Å². The zero-order valence-electron chi connectivity index (χ0n) is 17.5. The lowest BCUT2D eigenvalue weighted by Crippen LogP contribution is -2.42. The average Bonchev–Trinajstić information content (AvgIpc) is 2.78. The van der Waals surface area contributed by atoms with Crippen LogP contribution in [0.25, 0.3) is 0 Å². The number of aromatic nitrogens is 1. The second-order valence-electron chi connectivity index (χ2n) is 8.53. The van der Waals surface area contributed by atoms with Crippen molar-refractivity contribution in [2.75, 3.05) is 25.0 Å². The molecule has 0 radical (unpaired) electrons. The Kier molecular flexibility index (Phi) is 6.97. The van der Waals surface area contributed by atoms with E-state index in [0.717, 1.165) is 38.2 Å². The molecular weight excluding hydrogens is 376 g/mol. The number of pyridine rings is 1. The highest BCUT2D eigenvalue weighted by atomic mass is 16.3. The lowest BCUT2D eigenvalue weighted by atomic mass is 9.95. The van der Waals surface area contributed by atoms with Crippen molar-refractivity contribution in [2.24, 2.45) is 0 Å². The summed E-state index contributed by atoms with van der Waals surface area (Å²) >= 11 is 0. The van der Waals surface area contributed by atoms with E-state index in [9.17, 15) is 9.90 Å². The molecule has 2 heterocycles. The third kappa shape index (κ3) is 5.58. The van der Waals surface area contributed by atoms with Crippen LogP contribution in [-0.4, -0.2) is 52.7 Å². The van der Waals surface area contributed by atoms with Crippen LogP contribution in [0.3, 0.4) is 0 Å². The lowest BCUT2D eigenvalue weighted by molar-refractivity contribution is 0.0842. The van der Waals surface area contributed by atoms with Gasteiger partial charge in [-0.25, -0.2) is 4.98 Å². The van der Waals surface area contributed by atoms with E-state index in [1.54, 1.807) is 18.3 Å². The van der Waals surface area contributed by atoms with Gasteiger partial charge in [-0.05, 0) is 42.5 Å². The van der Waals surface area contributed by atoms with Crippen molar-refractivity contribution >= 4 is 11.7 Å². The third-order valence-electron chi connectivity index (χ3n) is 6.16. The number of fused-ring (bicyclic) bond motifs is 1. The predicted molar refractivity (Wildman–Crippen MR) is 118 cm³/mol. The molecule has 1 atom stereocenters. The minimum Gasteiger partial charge on any atom is -0.390 e. The maximum Gasteiger partial charge on any atom is 0.251 e. The van der Waals surface area contributed by atoms with Crippen LogP contribution in [0.2, 0.25) is 0 Å². The van der Waals surface area contributed by atoms with E-state index in [1.807, 2.05) is 0 Å². The van der Waals surface area contributed by atoms with Gasteiger partial charge >= 0.3 is 0 Å². The van der Waals surface area contributed by atoms with Crippen LogP contribution in [0.4, 0.5) is 5.82 Å². The number of carbonyl (C=O) groups excluding carboxylic acids is 1. The first kappa shape index (κ1) is 20.8. The number of hydrogen-bond donors (Lipinski definition) is 3. The number of aliphatic hydroxyl groups is 1. The number of rotatable bonds is 7. The molecular formula is C24H32N4O2. The van der Waals surface area contributed by atoms with Gasteiger partial charge < -0.3 is 15.7 Å². The maximum atomic E-state index is 12.6. The molecule has 3 N–H and O–H groups in total. The Balaban J connectivity index is 1.24. The number of carbonyl (C=O) groups is 1. The van der Waals surface area contributed by atoms with Crippen LogP contribution >= 0.6 is 0 Å². The number of hydrogen-bond acceptors (Lipinski definition) is 5. The number of nitrogens with one attached hydrogen (secondary N) is 2. The molecule has 1 fully saturated rings. The normalized spacial score (nSPS) is 18.4. The Hall–Kier alpha value is -2.44. The Morgan fingerprint density at radius 2 is 1.97 bits per heavy atom. The van der Waals surface area contributed by atoms with E-state index in [-0.39, 0.29) is 12.5 Å². The lowest BCUT2D eigenvalue weighted by Gasteiger charge is -2.30. The van der Waals surface area contributed by atoms with Gasteiger partial charge in [0.2, 0.25) is 0 Å². The van der Waals surface area contributed by atoms with Crippen LogP contribution in [0.5, 0.6) is 0 Å². The molecule has 1 aromatic carbocycles. The molecule has 0 unspecified atom stereocenters. The molecule has 0 bridgehead atoms. The summed E-state index contributed by atoms with van der Waals surface area (Å²) < 4.78 is 0. The quantitative estimate of drug-likeness (QED) is 0.657. The highest BCUT2D eigenvalue weighted by Crippen LogP contribution is 2.21. The molecule has 1 aliphatic heterocycles. The molecule has 1 saturated carbocycles. The van der Waals surface area contributed by atoms with E-state index in [0.29, 0.717) is 18.2 Å². The van der Waals surface area contributed by atoms with Gasteiger partial charge in [-0.1, -0.05) is 43.5 Å². The average molecular weight is 409 g/mol. The minimum atomic E-state index is -0.596. The largest absolute Gasteiger partial charge is 0.390 e. The summed E-state index contributed by atoms with van der Waals surface area (Å²) in [6.45, 7) is 2.58. The smallest absolute Gasteiger partial charge is 0.251 e. The van der Waals surface area contributed by atoms with Crippen molar-refractivity contribution in [3.05, 3.63) is 59.3 Å². The minimum absolute atomic E-state index is 0.174. The summed E-state index contributed by atoms with van der Waals surface area (Å²) in [5, 5.41) is 16.8. The fourth-order valence-corrected chi connectivity index (χ4v) is 4.49. The van der Waals surface area contributed by atoms with Gasteiger partial charge in [-0.15, -0.1) is 0 Å². The van der Waals surface area contributed by atoms with Gasteiger partial charge in [-0.3, -0.25) is 9.69 Å². The second-order valence-corrected chi connectivity index (χ2v) is 8.53. The summed E-state index contributed by atoms with van der Waals surface area (Å²) in [5.74, 6) is 0.578. The summed E-state index contributed by atoms with van der Waals surface area (Å²) in [4.78, 5) is 19.2. The van der Waals surface area contributed by atoms with Gasteiger partial charge in [0.1, 0.15) is 5.82 Å². The van der Waals surface area contributed by atoms with E-state index in [2.05, 4.69) is 44.8 Å². The Bertz CT molecular complexity index is 851. The number of anilines is 1.